The van der Waals surface area contributed by atoms with E-state index in [1.54, 1.807) is 7.11 Å². The van der Waals surface area contributed by atoms with Crippen molar-refractivity contribution >= 4 is 0 Å². The van der Waals surface area contributed by atoms with Crippen molar-refractivity contribution in [2.24, 2.45) is 0 Å². The van der Waals surface area contributed by atoms with Crippen LogP contribution < -0.4 is 20.2 Å². The van der Waals surface area contributed by atoms with Gasteiger partial charge in [0.1, 0.15) is 12.0 Å². The number of nitrogens with zero attached hydrogens (tertiary/aromatic N) is 2. The first-order valence-electron chi connectivity index (χ1n) is 8.46. The second kappa shape index (κ2) is 6.99. The molecule has 3 heterocycles. The van der Waals surface area contributed by atoms with Crippen molar-refractivity contribution in [1.82, 2.24) is 20.9 Å². The summed E-state index contributed by atoms with van der Waals surface area (Å²) in [5.41, 5.74) is 6.26. The molecule has 0 spiro atoms. The number of methoxy groups -OCH3 is 1. The molecule has 1 aromatic carbocycles. The molecule has 2 aliphatic heterocycles. The maximum Gasteiger partial charge on any atom is 0.231 e. The summed E-state index contributed by atoms with van der Waals surface area (Å²) in [6.45, 7) is 4.77. The Bertz CT molecular complexity index is 800. The van der Waals surface area contributed by atoms with Crippen molar-refractivity contribution in [1.29, 1.82) is 0 Å². The Kier molecular flexibility index (Phi) is 4.54. The fourth-order valence-electron chi connectivity index (χ4n) is 3.15. The molecule has 138 valence electrons. The minimum absolute atomic E-state index is 0.0846. The highest BCUT2D eigenvalue weighted by Crippen LogP contribution is 2.38. The monoisotopic (exact) mass is 358 g/mol. The molecule has 8 heteroatoms. The van der Waals surface area contributed by atoms with Gasteiger partial charge in [-0.2, -0.15) is 0 Å². The number of rotatable bonds is 6. The van der Waals surface area contributed by atoms with E-state index in [1.807, 2.05) is 49.3 Å². The van der Waals surface area contributed by atoms with Crippen LogP contribution in [0.3, 0.4) is 0 Å². The fraction of sp³-hybridized carbons (Fsp3) is 0.389. The van der Waals surface area contributed by atoms with Gasteiger partial charge in [-0.25, -0.2) is 5.43 Å². The van der Waals surface area contributed by atoms with Gasteiger partial charge in [-0.05, 0) is 26.0 Å². The van der Waals surface area contributed by atoms with Gasteiger partial charge in [0.05, 0.1) is 18.4 Å². The molecule has 0 aliphatic carbocycles. The Morgan fingerprint density at radius 3 is 3.04 bits per heavy atom. The molecule has 0 bridgehead atoms. The van der Waals surface area contributed by atoms with E-state index < -0.39 is 0 Å². The first-order chi connectivity index (χ1) is 12.7. The third kappa shape index (κ3) is 3.14. The molecule has 4 rings (SSSR count). The van der Waals surface area contributed by atoms with E-state index in [1.165, 1.54) is 0 Å². The van der Waals surface area contributed by atoms with Crippen LogP contribution in [0.15, 0.2) is 35.0 Å². The van der Waals surface area contributed by atoms with Crippen LogP contribution in [0.5, 0.6) is 11.5 Å². The molecular formula is C18H22N4O4. The Balaban J connectivity index is 1.42. The molecule has 2 aliphatic rings. The summed E-state index contributed by atoms with van der Waals surface area (Å²) in [5.74, 6) is 2.29. The van der Waals surface area contributed by atoms with Crippen molar-refractivity contribution < 1.29 is 18.7 Å². The van der Waals surface area contributed by atoms with Crippen LogP contribution in [0.25, 0.3) is 0 Å². The largest absolute Gasteiger partial charge is 0.454 e. The van der Waals surface area contributed by atoms with E-state index in [2.05, 4.69) is 15.9 Å². The number of para-hydroxylation sites is 1. The smallest absolute Gasteiger partial charge is 0.231 e. The molecule has 2 atom stereocenters. The first-order valence-corrected chi connectivity index (χ1v) is 8.46. The zero-order valence-electron chi connectivity index (χ0n) is 15.0. The van der Waals surface area contributed by atoms with Crippen LogP contribution in [0.1, 0.15) is 28.8 Å². The van der Waals surface area contributed by atoms with Crippen LogP contribution in [-0.2, 0) is 11.3 Å². The molecule has 8 nitrogen and oxygen atoms in total. The molecule has 2 N–H and O–H groups in total. The van der Waals surface area contributed by atoms with E-state index in [4.69, 9.17) is 18.7 Å². The lowest BCUT2D eigenvalue weighted by Gasteiger charge is -2.25. The topological polar surface area (TPSA) is 81.0 Å². The van der Waals surface area contributed by atoms with Gasteiger partial charge in [0.2, 0.25) is 6.79 Å². The van der Waals surface area contributed by atoms with E-state index in [0.29, 0.717) is 6.54 Å². The van der Waals surface area contributed by atoms with Gasteiger partial charge in [0.25, 0.3) is 0 Å². The molecule has 2 unspecified atom stereocenters. The number of benzene rings is 1. The lowest BCUT2D eigenvalue weighted by molar-refractivity contribution is 0.0548. The SMILES string of the molecule is COC(NC1C=CN(Cc2c(C)noc2C)N1)c1cccc2c1OCO2. The summed E-state index contributed by atoms with van der Waals surface area (Å²) in [4.78, 5) is 0. The minimum Gasteiger partial charge on any atom is -0.454 e. The predicted molar refractivity (Wildman–Crippen MR) is 93.0 cm³/mol. The highest BCUT2D eigenvalue weighted by atomic mass is 16.7. The van der Waals surface area contributed by atoms with Gasteiger partial charge in [-0.15, -0.1) is 0 Å². The lowest BCUT2D eigenvalue weighted by atomic mass is 10.1. The number of aryl methyl sites for hydroxylation is 2. The zero-order valence-corrected chi connectivity index (χ0v) is 15.0. The fourth-order valence-corrected chi connectivity index (χ4v) is 3.15. The van der Waals surface area contributed by atoms with Gasteiger partial charge in [-0.1, -0.05) is 17.3 Å². The summed E-state index contributed by atoms with van der Waals surface area (Å²) in [6, 6.07) is 5.78. The third-order valence-electron chi connectivity index (χ3n) is 4.55. The number of fused-ring (bicyclic) bond motifs is 1. The van der Waals surface area contributed by atoms with Crippen LogP contribution in [0.4, 0.5) is 0 Å². The van der Waals surface area contributed by atoms with Crippen molar-refractivity contribution in [3.63, 3.8) is 0 Å². The molecule has 26 heavy (non-hydrogen) atoms. The van der Waals surface area contributed by atoms with Gasteiger partial charge in [0, 0.05) is 24.4 Å². The lowest BCUT2D eigenvalue weighted by Crippen LogP contribution is -2.45. The summed E-state index contributed by atoms with van der Waals surface area (Å²) < 4.78 is 21.9. The number of ether oxygens (including phenoxy) is 3. The predicted octanol–water partition coefficient (Wildman–Crippen LogP) is 2.11. The van der Waals surface area contributed by atoms with Crippen LogP contribution in [-0.4, -0.2) is 30.2 Å². The molecule has 0 amide bonds. The number of nitrogens with one attached hydrogen (secondary N) is 2. The molecule has 0 saturated heterocycles. The summed E-state index contributed by atoms with van der Waals surface area (Å²) >= 11 is 0. The summed E-state index contributed by atoms with van der Waals surface area (Å²) in [6.07, 6.45) is 3.60. The highest BCUT2D eigenvalue weighted by Gasteiger charge is 2.26. The average Bonchev–Trinajstić information content (AvgIpc) is 3.36. The quantitative estimate of drug-likeness (QED) is 0.760. The van der Waals surface area contributed by atoms with Crippen LogP contribution in [0.2, 0.25) is 0 Å². The third-order valence-corrected chi connectivity index (χ3v) is 4.55. The van der Waals surface area contributed by atoms with Crippen molar-refractivity contribution in [3.8, 4) is 11.5 Å². The second-order valence-corrected chi connectivity index (χ2v) is 6.24. The van der Waals surface area contributed by atoms with Crippen molar-refractivity contribution in [2.75, 3.05) is 13.9 Å². The van der Waals surface area contributed by atoms with Gasteiger partial charge >= 0.3 is 0 Å². The van der Waals surface area contributed by atoms with Crippen molar-refractivity contribution in [2.45, 2.75) is 32.8 Å². The molecule has 0 fully saturated rings. The Morgan fingerprint density at radius 1 is 1.38 bits per heavy atom. The average molecular weight is 358 g/mol. The Morgan fingerprint density at radius 2 is 2.27 bits per heavy atom. The standard InChI is InChI=1S/C18H22N4O4/c1-11-14(12(2)26-21-11)9-22-8-7-16(20-22)19-18(23-3)13-5-4-6-15-17(13)25-10-24-15/h4-8,16,18-20H,9-10H2,1-3H3. The highest BCUT2D eigenvalue weighted by molar-refractivity contribution is 5.49. The van der Waals surface area contributed by atoms with Gasteiger partial charge < -0.3 is 23.7 Å². The molecular weight excluding hydrogens is 336 g/mol. The number of hydrogen-bond acceptors (Lipinski definition) is 8. The maximum atomic E-state index is 5.64. The first kappa shape index (κ1) is 16.9. The normalized spacial score (nSPS) is 19.3. The second-order valence-electron chi connectivity index (χ2n) is 6.24. The number of aromatic nitrogens is 1. The van der Waals surface area contributed by atoms with Crippen LogP contribution in [0, 0.1) is 13.8 Å². The number of hydrogen-bond donors (Lipinski definition) is 2. The maximum absolute atomic E-state index is 5.64. The molecule has 0 radical (unpaired) electrons. The van der Waals surface area contributed by atoms with Gasteiger partial charge in [0.15, 0.2) is 11.5 Å². The van der Waals surface area contributed by atoms with Gasteiger partial charge in [-0.3, -0.25) is 5.32 Å². The zero-order chi connectivity index (χ0) is 18.1. The minimum atomic E-state index is -0.340. The van der Waals surface area contributed by atoms with E-state index >= 15 is 0 Å². The van der Waals surface area contributed by atoms with E-state index in [-0.39, 0.29) is 19.2 Å². The molecule has 1 aromatic heterocycles. The Labute approximate surface area is 151 Å². The number of hydrazine groups is 1. The van der Waals surface area contributed by atoms with Crippen LogP contribution >= 0.6 is 0 Å². The molecule has 2 aromatic rings. The van der Waals surface area contributed by atoms with E-state index in [0.717, 1.165) is 34.1 Å². The Hall–Kier alpha value is -2.55. The summed E-state index contributed by atoms with van der Waals surface area (Å²) in [5, 5.41) is 9.40. The van der Waals surface area contributed by atoms with Crippen molar-refractivity contribution in [3.05, 3.63) is 53.1 Å². The molecule has 0 saturated carbocycles. The summed E-state index contributed by atoms with van der Waals surface area (Å²) in [7, 11) is 1.66. The van der Waals surface area contributed by atoms with E-state index in [9.17, 15) is 0 Å².